The summed E-state index contributed by atoms with van der Waals surface area (Å²) in [7, 11) is 0. The predicted octanol–water partition coefficient (Wildman–Crippen LogP) is -0.303. The van der Waals surface area contributed by atoms with Crippen molar-refractivity contribution in [1.29, 1.82) is 0 Å². The highest BCUT2D eigenvalue weighted by molar-refractivity contribution is 7.80. The van der Waals surface area contributed by atoms with Crippen LogP contribution in [0.1, 0.15) is 12.6 Å². The van der Waals surface area contributed by atoms with Crippen molar-refractivity contribution >= 4 is 23.2 Å². The van der Waals surface area contributed by atoms with Crippen molar-refractivity contribution in [3.8, 4) is 0 Å². The van der Waals surface area contributed by atoms with Crippen LogP contribution in [0.25, 0.3) is 0 Å². The van der Waals surface area contributed by atoms with Gasteiger partial charge in [-0.2, -0.15) is 0 Å². The molecule has 1 aliphatic rings. The Bertz CT molecular complexity index is 443. The van der Waals surface area contributed by atoms with E-state index in [-0.39, 0.29) is 23.7 Å². The molecule has 1 saturated heterocycles. The molecule has 1 aliphatic heterocycles. The zero-order valence-electron chi connectivity index (χ0n) is 10.1. The number of hydrogen-bond donors (Lipinski definition) is 2. The Hall–Kier alpha value is -1.31. The molecule has 2 heterocycles. The lowest BCUT2D eigenvalue weighted by Gasteiger charge is -2.37. The molecule has 0 bridgehead atoms. The smallest absolute Gasteiger partial charge is 0.226 e. The van der Waals surface area contributed by atoms with Gasteiger partial charge in [0.1, 0.15) is 10.7 Å². The van der Waals surface area contributed by atoms with Crippen LogP contribution in [0.2, 0.25) is 0 Å². The summed E-state index contributed by atoms with van der Waals surface area (Å²) in [5.74, 6) is 0.564. The van der Waals surface area contributed by atoms with Gasteiger partial charge < -0.3 is 20.5 Å². The van der Waals surface area contributed by atoms with E-state index in [4.69, 9.17) is 27.8 Å². The number of aliphatic hydroxyl groups excluding tert-OH is 1. The summed E-state index contributed by atoms with van der Waals surface area (Å²) in [4.78, 5) is 10.8. The van der Waals surface area contributed by atoms with Gasteiger partial charge in [-0.15, -0.1) is 0 Å². The van der Waals surface area contributed by atoms with Crippen LogP contribution >= 0.6 is 12.2 Å². The molecule has 0 aromatic carbocycles. The number of rotatable bonds is 3. The summed E-state index contributed by atoms with van der Waals surface area (Å²) in [6.07, 6.45) is 1.42. The second-order valence-corrected chi connectivity index (χ2v) is 4.69. The predicted molar refractivity (Wildman–Crippen MR) is 71.6 cm³/mol. The van der Waals surface area contributed by atoms with E-state index in [2.05, 4.69) is 9.97 Å². The summed E-state index contributed by atoms with van der Waals surface area (Å²) in [6.45, 7) is 3.09. The van der Waals surface area contributed by atoms with E-state index in [9.17, 15) is 0 Å². The van der Waals surface area contributed by atoms with Crippen molar-refractivity contribution in [3.63, 3.8) is 0 Å². The van der Waals surface area contributed by atoms with Crippen molar-refractivity contribution in [3.05, 3.63) is 18.0 Å². The third-order valence-electron chi connectivity index (χ3n) is 2.86. The molecule has 0 spiro atoms. The minimum atomic E-state index is -0.210. The lowest BCUT2D eigenvalue weighted by atomic mass is 10.2. The van der Waals surface area contributed by atoms with Crippen LogP contribution in [-0.4, -0.2) is 52.0 Å². The van der Waals surface area contributed by atoms with E-state index >= 15 is 0 Å². The Kier molecular flexibility index (Phi) is 4.05. The van der Waals surface area contributed by atoms with Crippen LogP contribution in [0.15, 0.2) is 12.3 Å². The molecular weight excluding hydrogens is 252 g/mol. The number of anilines is 1. The average Bonchev–Trinajstić information content (AvgIpc) is 2.39. The summed E-state index contributed by atoms with van der Waals surface area (Å²) < 4.78 is 5.47. The maximum atomic E-state index is 9.15. The number of aromatic nitrogens is 2. The molecule has 1 fully saturated rings. The molecule has 7 heteroatoms. The lowest BCUT2D eigenvalue weighted by Crippen LogP contribution is -2.50. The fourth-order valence-corrected chi connectivity index (χ4v) is 1.94. The van der Waals surface area contributed by atoms with Gasteiger partial charge in [-0.05, 0) is 13.0 Å². The Morgan fingerprint density at radius 1 is 1.72 bits per heavy atom. The number of aliphatic hydroxyl groups is 1. The molecule has 0 aliphatic carbocycles. The largest absolute Gasteiger partial charge is 0.394 e. The normalized spacial score (nSPS) is 24.0. The topological polar surface area (TPSA) is 84.5 Å². The first-order chi connectivity index (χ1) is 8.61. The summed E-state index contributed by atoms with van der Waals surface area (Å²) in [6, 6.07) is 1.83. The quantitative estimate of drug-likeness (QED) is 0.728. The van der Waals surface area contributed by atoms with E-state index in [0.717, 1.165) is 0 Å². The van der Waals surface area contributed by atoms with Gasteiger partial charge in [-0.3, -0.25) is 0 Å². The maximum absolute atomic E-state index is 9.15. The Labute approximate surface area is 111 Å². The SMILES string of the molecule is CC1COC(CO)CN1c1nccc(C(N)=S)n1. The molecule has 0 saturated carbocycles. The van der Waals surface area contributed by atoms with Crippen molar-refractivity contribution in [2.75, 3.05) is 24.7 Å². The molecular formula is C11H16N4O2S. The first kappa shape index (κ1) is 13.1. The van der Waals surface area contributed by atoms with Gasteiger partial charge in [0.15, 0.2) is 0 Å². The lowest BCUT2D eigenvalue weighted by molar-refractivity contribution is -0.0108. The number of thiocarbonyl (C=S) groups is 1. The molecule has 2 rings (SSSR count). The monoisotopic (exact) mass is 268 g/mol. The van der Waals surface area contributed by atoms with Crippen LogP contribution in [0, 0.1) is 0 Å². The van der Waals surface area contributed by atoms with Gasteiger partial charge in [0.2, 0.25) is 5.95 Å². The highest BCUT2D eigenvalue weighted by Gasteiger charge is 2.27. The molecule has 1 aromatic heterocycles. The van der Waals surface area contributed by atoms with E-state index in [1.54, 1.807) is 12.3 Å². The van der Waals surface area contributed by atoms with Crippen LogP contribution < -0.4 is 10.6 Å². The summed E-state index contributed by atoms with van der Waals surface area (Å²) in [5, 5.41) is 9.15. The van der Waals surface area contributed by atoms with E-state index in [1.165, 1.54) is 0 Å². The van der Waals surface area contributed by atoms with Gasteiger partial charge in [0.05, 0.1) is 25.4 Å². The number of hydrogen-bond acceptors (Lipinski definition) is 6. The first-order valence-electron chi connectivity index (χ1n) is 5.73. The maximum Gasteiger partial charge on any atom is 0.226 e. The Morgan fingerprint density at radius 3 is 3.17 bits per heavy atom. The fourth-order valence-electron chi connectivity index (χ4n) is 1.83. The van der Waals surface area contributed by atoms with Crippen molar-refractivity contribution in [2.45, 2.75) is 19.1 Å². The zero-order chi connectivity index (χ0) is 13.1. The van der Waals surface area contributed by atoms with Crippen molar-refractivity contribution < 1.29 is 9.84 Å². The molecule has 18 heavy (non-hydrogen) atoms. The Morgan fingerprint density at radius 2 is 2.50 bits per heavy atom. The molecule has 0 amide bonds. The van der Waals surface area contributed by atoms with E-state index in [0.29, 0.717) is 24.8 Å². The average molecular weight is 268 g/mol. The molecule has 3 N–H and O–H groups in total. The van der Waals surface area contributed by atoms with E-state index < -0.39 is 0 Å². The molecule has 2 atom stereocenters. The summed E-state index contributed by atoms with van der Waals surface area (Å²) in [5.41, 5.74) is 6.11. The van der Waals surface area contributed by atoms with Crippen LogP contribution in [0.3, 0.4) is 0 Å². The van der Waals surface area contributed by atoms with Gasteiger partial charge in [0.25, 0.3) is 0 Å². The second kappa shape index (κ2) is 5.55. The van der Waals surface area contributed by atoms with Crippen molar-refractivity contribution in [2.24, 2.45) is 5.73 Å². The van der Waals surface area contributed by atoms with Crippen LogP contribution in [-0.2, 0) is 4.74 Å². The molecule has 6 nitrogen and oxygen atoms in total. The third-order valence-corrected chi connectivity index (χ3v) is 3.07. The first-order valence-corrected chi connectivity index (χ1v) is 6.14. The van der Waals surface area contributed by atoms with E-state index in [1.807, 2.05) is 11.8 Å². The highest BCUT2D eigenvalue weighted by Crippen LogP contribution is 2.17. The van der Waals surface area contributed by atoms with Crippen molar-refractivity contribution in [1.82, 2.24) is 9.97 Å². The number of nitrogens with zero attached hydrogens (tertiary/aromatic N) is 3. The number of morpholine rings is 1. The molecule has 98 valence electrons. The van der Waals surface area contributed by atoms with Gasteiger partial charge in [-0.25, -0.2) is 9.97 Å². The molecule has 0 radical (unpaired) electrons. The molecule has 2 unspecified atom stereocenters. The minimum Gasteiger partial charge on any atom is -0.394 e. The third kappa shape index (κ3) is 2.74. The minimum absolute atomic E-state index is 0.0157. The van der Waals surface area contributed by atoms with Gasteiger partial charge in [0, 0.05) is 12.7 Å². The summed E-state index contributed by atoms with van der Waals surface area (Å²) >= 11 is 4.90. The van der Waals surface area contributed by atoms with Gasteiger partial charge >= 0.3 is 0 Å². The Balaban J connectivity index is 2.23. The number of nitrogens with two attached hydrogens (primary N) is 1. The highest BCUT2D eigenvalue weighted by atomic mass is 32.1. The fraction of sp³-hybridized carbons (Fsp3) is 0.545. The van der Waals surface area contributed by atoms with Crippen LogP contribution in [0.4, 0.5) is 5.95 Å². The van der Waals surface area contributed by atoms with Gasteiger partial charge in [-0.1, -0.05) is 12.2 Å². The standard InChI is InChI=1S/C11H16N4O2S/c1-7-6-17-8(5-16)4-15(7)11-13-3-2-9(14-11)10(12)18/h2-3,7-8,16H,4-6H2,1H3,(H2,12,18). The van der Waals surface area contributed by atoms with Crippen LogP contribution in [0.5, 0.6) is 0 Å². The zero-order valence-corrected chi connectivity index (χ0v) is 10.9. The second-order valence-electron chi connectivity index (χ2n) is 4.25. The molecule has 1 aromatic rings. The number of ether oxygens (including phenoxy) is 1.